The molecule has 0 radical (unpaired) electrons. The minimum absolute atomic E-state index is 0.0330. The molecule has 0 aliphatic carbocycles. The van der Waals surface area contributed by atoms with Crippen LogP contribution in [0.5, 0.6) is 5.75 Å². The molecule has 0 bridgehead atoms. The first-order valence-corrected chi connectivity index (χ1v) is 7.17. The van der Waals surface area contributed by atoms with Crippen LogP contribution < -0.4 is 10.9 Å². The van der Waals surface area contributed by atoms with E-state index in [1.54, 1.807) is 6.07 Å². The number of hydrogen-bond acceptors (Lipinski definition) is 5. The van der Waals surface area contributed by atoms with Gasteiger partial charge in [-0.3, -0.25) is 4.79 Å². The summed E-state index contributed by atoms with van der Waals surface area (Å²) in [6.07, 6.45) is 1.61. The number of phenols is 1. The summed E-state index contributed by atoms with van der Waals surface area (Å²) in [7, 11) is 0. The van der Waals surface area contributed by atoms with E-state index in [2.05, 4.69) is 5.32 Å². The van der Waals surface area contributed by atoms with Crippen LogP contribution in [0, 0.1) is 0 Å². The fourth-order valence-corrected chi connectivity index (χ4v) is 2.33. The van der Waals surface area contributed by atoms with Crippen LogP contribution in [0.4, 0.5) is 0 Å². The van der Waals surface area contributed by atoms with Crippen molar-refractivity contribution < 1.29 is 19.4 Å². The minimum atomic E-state index is -0.993. The van der Waals surface area contributed by atoms with Gasteiger partial charge in [0.1, 0.15) is 17.4 Å². The lowest BCUT2D eigenvalue weighted by Crippen LogP contribution is -2.33. The summed E-state index contributed by atoms with van der Waals surface area (Å²) in [6, 6.07) is 3.92. The molecule has 0 amide bonds. The molecule has 1 atom stereocenters. The summed E-state index contributed by atoms with van der Waals surface area (Å²) in [5, 5.41) is 22.5. The first-order valence-electron chi connectivity index (χ1n) is 7.17. The Kier molecular flexibility index (Phi) is 4.82. The third-order valence-corrected chi connectivity index (χ3v) is 3.55. The molecule has 1 heterocycles. The van der Waals surface area contributed by atoms with Crippen LogP contribution >= 0.6 is 0 Å². The quantitative estimate of drug-likeness (QED) is 0.706. The standard InChI is InChI=1S/C16H19NO5/c1-3-4-10-7-14(19)22-15-11(10)5-6-13(18)12(15)8-17-9(2)16(20)21/h5-7,9,17-18H,3-4,8H2,1-2H3,(H,20,21). The zero-order valence-electron chi connectivity index (χ0n) is 12.5. The molecule has 0 saturated carbocycles. The van der Waals surface area contributed by atoms with Crippen LogP contribution in [0.2, 0.25) is 0 Å². The van der Waals surface area contributed by atoms with Crippen molar-refractivity contribution in [3.05, 3.63) is 39.7 Å². The maximum Gasteiger partial charge on any atom is 0.336 e. The summed E-state index contributed by atoms with van der Waals surface area (Å²) < 4.78 is 5.25. The third kappa shape index (κ3) is 3.28. The maximum absolute atomic E-state index is 11.7. The number of benzene rings is 1. The summed E-state index contributed by atoms with van der Waals surface area (Å²) in [6.45, 7) is 3.61. The molecule has 0 fully saturated rings. The largest absolute Gasteiger partial charge is 0.507 e. The van der Waals surface area contributed by atoms with Gasteiger partial charge in [-0.15, -0.1) is 0 Å². The Morgan fingerprint density at radius 1 is 1.41 bits per heavy atom. The number of nitrogens with one attached hydrogen (secondary N) is 1. The van der Waals surface area contributed by atoms with E-state index >= 15 is 0 Å². The van der Waals surface area contributed by atoms with E-state index in [4.69, 9.17) is 9.52 Å². The molecular formula is C16H19NO5. The van der Waals surface area contributed by atoms with Gasteiger partial charge in [0, 0.05) is 18.0 Å². The second-order valence-corrected chi connectivity index (χ2v) is 5.22. The molecule has 2 aromatic rings. The van der Waals surface area contributed by atoms with Crippen LogP contribution in [-0.2, 0) is 17.8 Å². The van der Waals surface area contributed by atoms with E-state index in [9.17, 15) is 14.7 Å². The number of aryl methyl sites for hydroxylation is 1. The number of carboxylic acids is 1. The van der Waals surface area contributed by atoms with Crippen molar-refractivity contribution in [3.63, 3.8) is 0 Å². The van der Waals surface area contributed by atoms with Gasteiger partial charge in [-0.2, -0.15) is 0 Å². The van der Waals surface area contributed by atoms with E-state index in [0.29, 0.717) is 11.1 Å². The molecule has 0 aliphatic heterocycles. The second kappa shape index (κ2) is 6.62. The predicted octanol–water partition coefficient (Wildman–Crippen LogP) is 2.01. The molecule has 0 aliphatic rings. The van der Waals surface area contributed by atoms with Crippen LogP contribution in [0.3, 0.4) is 0 Å². The first kappa shape index (κ1) is 16.0. The Hall–Kier alpha value is -2.34. The number of fused-ring (bicyclic) bond motifs is 1. The predicted molar refractivity (Wildman–Crippen MR) is 82.1 cm³/mol. The normalized spacial score (nSPS) is 12.5. The van der Waals surface area contributed by atoms with Gasteiger partial charge in [0.25, 0.3) is 0 Å². The molecule has 1 aromatic heterocycles. The number of rotatable bonds is 6. The molecule has 1 unspecified atom stereocenters. The fourth-order valence-electron chi connectivity index (χ4n) is 2.33. The molecule has 118 valence electrons. The van der Waals surface area contributed by atoms with Crippen molar-refractivity contribution in [2.24, 2.45) is 0 Å². The molecule has 0 saturated heterocycles. The summed E-state index contributed by atoms with van der Waals surface area (Å²) in [5.74, 6) is -1.03. The molecule has 1 aromatic carbocycles. The Bertz CT molecular complexity index is 750. The van der Waals surface area contributed by atoms with Crippen LogP contribution in [0.15, 0.2) is 27.4 Å². The number of aliphatic carboxylic acids is 1. The Morgan fingerprint density at radius 2 is 2.14 bits per heavy atom. The van der Waals surface area contributed by atoms with Crippen LogP contribution in [0.25, 0.3) is 11.0 Å². The number of carbonyl (C=O) groups is 1. The van der Waals surface area contributed by atoms with Gasteiger partial charge < -0.3 is 19.9 Å². The SMILES string of the molecule is CCCc1cc(=O)oc2c(CNC(C)C(=O)O)c(O)ccc12. The monoisotopic (exact) mass is 305 g/mol. The molecule has 2 rings (SSSR count). The number of carboxylic acid groups (broad SMARTS) is 1. The number of hydrogen-bond donors (Lipinski definition) is 3. The van der Waals surface area contributed by atoms with E-state index in [1.807, 2.05) is 6.92 Å². The molecule has 6 nitrogen and oxygen atoms in total. The highest BCUT2D eigenvalue weighted by Crippen LogP contribution is 2.28. The van der Waals surface area contributed by atoms with Crippen molar-refractivity contribution in [2.45, 2.75) is 39.3 Å². The molecule has 6 heteroatoms. The highest BCUT2D eigenvalue weighted by atomic mass is 16.4. The van der Waals surface area contributed by atoms with Crippen molar-refractivity contribution in [3.8, 4) is 5.75 Å². The van der Waals surface area contributed by atoms with Crippen molar-refractivity contribution >= 4 is 16.9 Å². The second-order valence-electron chi connectivity index (χ2n) is 5.22. The van der Waals surface area contributed by atoms with Crippen LogP contribution in [-0.4, -0.2) is 22.2 Å². The van der Waals surface area contributed by atoms with E-state index in [0.717, 1.165) is 23.8 Å². The zero-order valence-corrected chi connectivity index (χ0v) is 12.5. The topological polar surface area (TPSA) is 99.8 Å². The fraction of sp³-hybridized carbons (Fsp3) is 0.375. The highest BCUT2D eigenvalue weighted by Gasteiger charge is 2.16. The van der Waals surface area contributed by atoms with Gasteiger partial charge in [0.05, 0.1) is 5.56 Å². The van der Waals surface area contributed by atoms with E-state index in [1.165, 1.54) is 19.1 Å². The Morgan fingerprint density at radius 3 is 2.77 bits per heavy atom. The lowest BCUT2D eigenvalue weighted by atomic mass is 10.0. The average molecular weight is 305 g/mol. The van der Waals surface area contributed by atoms with Gasteiger partial charge in [0.2, 0.25) is 0 Å². The maximum atomic E-state index is 11.7. The van der Waals surface area contributed by atoms with Crippen molar-refractivity contribution in [1.29, 1.82) is 0 Å². The van der Waals surface area contributed by atoms with Gasteiger partial charge in [0.15, 0.2) is 0 Å². The smallest absolute Gasteiger partial charge is 0.336 e. The van der Waals surface area contributed by atoms with Gasteiger partial charge in [-0.1, -0.05) is 13.3 Å². The summed E-state index contributed by atoms with van der Waals surface area (Å²) in [5.41, 5.74) is 1.08. The summed E-state index contributed by atoms with van der Waals surface area (Å²) in [4.78, 5) is 22.6. The van der Waals surface area contributed by atoms with Crippen molar-refractivity contribution in [2.75, 3.05) is 0 Å². The lowest BCUT2D eigenvalue weighted by Gasteiger charge is -2.13. The van der Waals surface area contributed by atoms with Gasteiger partial charge in [-0.05, 0) is 31.0 Å². The lowest BCUT2D eigenvalue weighted by molar-refractivity contribution is -0.139. The first-order chi connectivity index (χ1) is 10.4. The molecule has 0 spiro atoms. The highest BCUT2D eigenvalue weighted by molar-refractivity contribution is 5.85. The third-order valence-electron chi connectivity index (χ3n) is 3.55. The zero-order chi connectivity index (χ0) is 16.3. The Balaban J connectivity index is 2.50. The van der Waals surface area contributed by atoms with Crippen molar-refractivity contribution in [1.82, 2.24) is 5.32 Å². The van der Waals surface area contributed by atoms with E-state index in [-0.39, 0.29) is 12.3 Å². The van der Waals surface area contributed by atoms with Crippen LogP contribution in [0.1, 0.15) is 31.4 Å². The van der Waals surface area contributed by atoms with E-state index < -0.39 is 17.6 Å². The average Bonchev–Trinajstić information content (AvgIpc) is 2.45. The Labute approximate surface area is 127 Å². The summed E-state index contributed by atoms with van der Waals surface area (Å²) >= 11 is 0. The number of aromatic hydroxyl groups is 1. The molecular weight excluding hydrogens is 286 g/mol. The number of phenolic OH excluding ortho intramolecular Hbond substituents is 1. The molecule has 3 N–H and O–H groups in total. The van der Waals surface area contributed by atoms with Gasteiger partial charge in [-0.25, -0.2) is 4.79 Å². The molecule has 22 heavy (non-hydrogen) atoms. The van der Waals surface area contributed by atoms with Gasteiger partial charge >= 0.3 is 11.6 Å². The minimum Gasteiger partial charge on any atom is -0.507 e.